The average molecular weight is 296 g/mol. The third kappa shape index (κ3) is 3.59. The lowest BCUT2D eigenvalue weighted by Gasteiger charge is -2.17. The standard InChI is InChI=1S/C13H20N4O4/c1-2-3-10(18)15-8-6-12(21-9(8)7-14)17-5-4-11(19)16-13(17)20/h4-5,8-9,12H,2-3,6-7,14H2,1H3,(H,15,18)(H,16,19,20)/t8-,9+,12+/m0/s1. The normalized spacial score (nSPS) is 25.0. The van der Waals surface area contributed by atoms with Crippen LogP contribution in [0.4, 0.5) is 0 Å². The Morgan fingerprint density at radius 1 is 1.57 bits per heavy atom. The number of hydrogen-bond acceptors (Lipinski definition) is 5. The minimum Gasteiger partial charge on any atom is -0.351 e. The predicted octanol–water partition coefficient (Wildman–Crippen LogP) is -0.932. The zero-order valence-electron chi connectivity index (χ0n) is 11.9. The largest absolute Gasteiger partial charge is 0.351 e. The van der Waals surface area contributed by atoms with E-state index in [1.54, 1.807) is 0 Å². The van der Waals surface area contributed by atoms with Crippen LogP contribution in [0.5, 0.6) is 0 Å². The maximum atomic E-state index is 11.8. The average Bonchev–Trinajstić information content (AvgIpc) is 2.81. The van der Waals surface area contributed by atoms with Gasteiger partial charge in [0.15, 0.2) is 0 Å². The van der Waals surface area contributed by atoms with E-state index in [2.05, 4.69) is 10.3 Å². The van der Waals surface area contributed by atoms with E-state index in [-0.39, 0.29) is 24.6 Å². The molecule has 0 aliphatic carbocycles. The van der Waals surface area contributed by atoms with Gasteiger partial charge < -0.3 is 15.8 Å². The van der Waals surface area contributed by atoms with Crippen LogP contribution in [0.1, 0.15) is 32.4 Å². The van der Waals surface area contributed by atoms with Crippen LogP contribution in [0.3, 0.4) is 0 Å². The van der Waals surface area contributed by atoms with Crippen molar-refractivity contribution in [2.24, 2.45) is 5.73 Å². The number of hydrogen-bond donors (Lipinski definition) is 3. The molecule has 1 aromatic rings. The molecule has 0 aromatic carbocycles. The van der Waals surface area contributed by atoms with Crippen molar-refractivity contribution in [3.05, 3.63) is 33.1 Å². The van der Waals surface area contributed by atoms with Crippen molar-refractivity contribution in [2.75, 3.05) is 6.54 Å². The van der Waals surface area contributed by atoms with Gasteiger partial charge in [-0.25, -0.2) is 4.79 Å². The summed E-state index contributed by atoms with van der Waals surface area (Å²) in [6.07, 6.45) is 2.12. The Labute approximate surface area is 121 Å². The first-order chi connectivity index (χ1) is 10.0. The number of aromatic nitrogens is 2. The fourth-order valence-corrected chi connectivity index (χ4v) is 2.43. The molecule has 0 saturated carbocycles. The van der Waals surface area contributed by atoms with Gasteiger partial charge in [-0.3, -0.25) is 19.1 Å². The zero-order valence-corrected chi connectivity index (χ0v) is 11.9. The lowest BCUT2D eigenvalue weighted by Crippen LogP contribution is -2.43. The molecule has 116 valence electrons. The Kier molecular flexibility index (Phi) is 4.92. The predicted molar refractivity (Wildman–Crippen MR) is 75.7 cm³/mol. The summed E-state index contributed by atoms with van der Waals surface area (Å²) in [5, 5.41) is 2.88. The van der Waals surface area contributed by atoms with Crippen LogP contribution in [0, 0.1) is 0 Å². The molecule has 1 fully saturated rings. The number of nitrogens with zero attached hydrogens (tertiary/aromatic N) is 1. The smallest absolute Gasteiger partial charge is 0.330 e. The summed E-state index contributed by atoms with van der Waals surface area (Å²) >= 11 is 0. The molecule has 2 heterocycles. The summed E-state index contributed by atoms with van der Waals surface area (Å²) in [6, 6.07) is 1.02. The maximum Gasteiger partial charge on any atom is 0.330 e. The Balaban J connectivity index is 2.12. The molecule has 1 amide bonds. The van der Waals surface area contributed by atoms with Crippen molar-refractivity contribution in [2.45, 2.75) is 44.6 Å². The highest BCUT2D eigenvalue weighted by Crippen LogP contribution is 2.27. The number of carbonyl (C=O) groups excluding carboxylic acids is 1. The topological polar surface area (TPSA) is 119 Å². The van der Waals surface area contributed by atoms with Gasteiger partial charge in [0.2, 0.25) is 5.91 Å². The number of amides is 1. The minimum atomic E-state index is -0.546. The van der Waals surface area contributed by atoms with E-state index in [1.807, 2.05) is 6.92 Å². The molecular formula is C13H20N4O4. The molecule has 8 nitrogen and oxygen atoms in total. The first-order valence-electron chi connectivity index (χ1n) is 7.01. The van der Waals surface area contributed by atoms with Gasteiger partial charge in [0, 0.05) is 31.6 Å². The SMILES string of the molecule is CCCC(=O)N[C@H]1C[C@H](n2ccc(=O)[nH]c2=O)O[C@@H]1CN. The van der Waals surface area contributed by atoms with Crippen molar-refractivity contribution < 1.29 is 9.53 Å². The fraction of sp³-hybridized carbons (Fsp3) is 0.615. The molecule has 8 heteroatoms. The Bertz CT molecular complexity index is 609. The highest BCUT2D eigenvalue weighted by Gasteiger charge is 2.36. The van der Waals surface area contributed by atoms with Crippen LogP contribution >= 0.6 is 0 Å². The molecule has 21 heavy (non-hydrogen) atoms. The minimum absolute atomic E-state index is 0.0565. The van der Waals surface area contributed by atoms with Crippen molar-refractivity contribution in [1.82, 2.24) is 14.9 Å². The number of aromatic amines is 1. The van der Waals surface area contributed by atoms with Crippen molar-refractivity contribution >= 4 is 5.91 Å². The summed E-state index contributed by atoms with van der Waals surface area (Å²) in [6.45, 7) is 2.17. The number of rotatable bonds is 5. The van der Waals surface area contributed by atoms with Crippen LogP contribution in [-0.2, 0) is 9.53 Å². The van der Waals surface area contributed by atoms with Gasteiger partial charge in [-0.15, -0.1) is 0 Å². The number of nitrogens with one attached hydrogen (secondary N) is 2. The molecule has 2 rings (SSSR count). The summed E-state index contributed by atoms with van der Waals surface area (Å²) < 4.78 is 7.01. The lowest BCUT2D eigenvalue weighted by atomic mass is 10.1. The molecule has 0 bridgehead atoms. The van der Waals surface area contributed by atoms with Crippen molar-refractivity contribution in [3.8, 4) is 0 Å². The van der Waals surface area contributed by atoms with E-state index in [4.69, 9.17) is 10.5 Å². The Morgan fingerprint density at radius 3 is 2.95 bits per heavy atom. The molecule has 1 aliphatic heterocycles. The summed E-state index contributed by atoms with van der Waals surface area (Å²) in [5.74, 6) is -0.0565. The molecule has 1 aliphatic rings. The zero-order chi connectivity index (χ0) is 15.4. The number of nitrogens with two attached hydrogens (primary N) is 1. The van der Waals surface area contributed by atoms with E-state index in [1.165, 1.54) is 16.8 Å². The second kappa shape index (κ2) is 6.68. The fourth-order valence-electron chi connectivity index (χ4n) is 2.43. The molecule has 0 spiro atoms. The van der Waals surface area contributed by atoms with Crippen LogP contribution < -0.4 is 22.3 Å². The van der Waals surface area contributed by atoms with Crippen molar-refractivity contribution in [1.29, 1.82) is 0 Å². The van der Waals surface area contributed by atoms with Crippen LogP contribution in [-0.4, -0.2) is 34.1 Å². The molecule has 1 saturated heterocycles. The second-order valence-corrected chi connectivity index (χ2v) is 5.04. The molecule has 4 N–H and O–H groups in total. The lowest BCUT2D eigenvalue weighted by molar-refractivity contribution is -0.122. The first-order valence-corrected chi connectivity index (χ1v) is 7.01. The van der Waals surface area contributed by atoms with E-state index in [0.717, 1.165) is 6.42 Å². The van der Waals surface area contributed by atoms with Gasteiger partial charge in [-0.05, 0) is 6.42 Å². The molecule has 0 radical (unpaired) electrons. The number of carbonyl (C=O) groups is 1. The maximum absolute atomic E-state index is 11.8. The van der Waals surface area contributed by atoms with Gasteiger partial charge in [-0.2, -0.15) is 0 Å². The first kappa shape index (κ1) is 15.5. The van der Waals surface area contributed by atoms with Gasteiger partial charge in [0.25, 0.3) is 5.56 Å². The third-order valence-corrected chi connectivity index (χ3v) is 3.45. The van der Waals surface area contributed by atoms with E-state index >= 15 is 0 Å². The highest BCUT2D eigenvalue weighted by molar-refractivity contribution is 5.76. The molecule has 0 unspecified atom stereocenters. The number of ether oxygens (including phenoxy) is 1. The van der Waals surface area contributed by atoms with Gasteiger partial charge in [-0.1, -0.05) is 6.92 Å². The third-order valence-electron chi connectivity index (χ3n) is 3.45. The van der Waals surface area contributed by atoms with Crippen LogP contribution in [0.25, 0.3) is 0 Å². The molecule has 3 atom stereocenters. The van der Waals surface area contributed by atoms with Gasteiger partial charge in [0.05, 0.1) is 12.1 Å². The highest BCUT2D eigenvalue weighted by atomic mass is 16.5. The summed E-state index contributed by atoms with van der Waals surface area (Å²) in [4.78, 5) is 36.7. The molecule has 1 aromatic heterocycles. The summed E-state index contributed by atoms with van der Waals surface area (Å²) in [5.41, 5.74) is 4.66. The monoisotopic (exact) mass is 296 g/mol. The van der Waals surface area contributed by atoms with Crippen LogP contribution in [0.2, 0.25) is 0 Å². The van der Waals surface area contributed by atoms with Gasteiger partial charge in [0.1, 0.15) is 6.23 Å². The molecular weight excluding hydrogens is 276 g/mol. The van der Waals surface area contributed by atoms with Crippen molar-refractivity contribution in [3.63, 3.8) is 0 Å². The Hall–Kier alpha value is -1.93. The van der Waals surface area contributed by atoms with E-state index in [0.29, 0.717) is 12.8 Å². The van der Waals surface area contributed by atoms with Crippen LogP contribution in [0.15, 0.2) is 21.9 Å². The second-order valence-electron chi connectivity index (χ2n) is 5.04. The van der Waals surface area contributed by atoms with E-state index in [9.17, 15) is 14.4 Å². The Morgan fingerprint density at radius 2 is 2.33 bits per heavy atom. The van der Waals surface area contributed by atoms with E-state index < -0.39 is 17.5 Å². The summed E-state index contributed by atoms with van der Waals surface area (Å²) in [7, 11) is 0. The number of H-pyrrole nitrogens is 1. The quantitative estimate of drug-likeness (QED) is 0.648. The van der Waals surface area contributed by atoms with Gasteiger partial charge >= 0.3 is 5.69 Å².